The Morgan fingerprint density at radius 3 is 2.17 bits per heavy atom. The van der Waals surface area contributed by atoms with E-state index in [1.54, 1.807) is 27.9 Å². The Balaban J connectivity index is 1.55. The lowest BCUT2D eigenvalue weighted by atomic mass is 9.89. The van der Waals surface area contributed by atoms with Crippen molar-refractivity contribution in [1.29, 1.82) is 0 Å². The molecule has 40 heavy (non-hydrogen) atoms. The van der Waals surface area contributed by atoms with Gasteiger partial charge in [-0.05, 0) is 57.2 Å². The molecule has 8 nitrogen and oxygen atoms in total. The molecular weight excluding hydrogens is 527 g/mol. The molecule has 0 atom stereocenters. The first-order valence-electron chi connectivity index (χ1n) is 13.1. The molecule has 1 aliphatic heterocycles. The summed E-state index contributed by atoms with van der Waals surface area (Å²) in [6, 6.07) is 9.20. The van der Waals surface area contributed by atoms with Crippen molar-refractivity contribution in [1.82, 2.24) is 14.5 Å². The third kappa shape index (κ3) is 6.68. The number of benzene rings is 2. The number of alkyl halides is 3. The van der Waals surface area contributed by atoms with Gasteiger partial charge in [0.05, 0.1) is 37.4 Å². The Morgan fingerprint density at radius 2 is 1.62 bits per heavy atom. The maximum Gasteiger partial charge on any atom is 0.410 e. The van der Waals surface area contributed by atoms with Crippen molar-refractivity contribution < 1.29 is 37.0 Å². The van der Waals surface area contributed by atoms with Crippen molar-refractivity contribution in [2.45, 2.75) is 64.1 Å². The first-order valence-corrected chi connectivity index (χ1v) is 13.1. The first-order chi connectivity index (χ1) is 18.8. The lowest BCUT2D eigenvalue weighted by molar-refractivity contribution is -0.133. The molecule has 1 saturated heterocycles. The highest BCUT2D eigenvalue weighted by Gasteiger charge is 2.31. The molecule has 0 N–H and O–H groups in total. The second-order valence-electron chi connectivity index (χ2n) is 10.9. The van der Waals surface area contributed by atoms with E-state index in [-0.39, 0.29) is 29.1 Å². The fraction of sp³-hybridized carbons (Fsp3) is 0.483. The third-order valence-electron chi connectivity index (χ3n) is 6.87. The number of aromatic nitrogens is 2. The van der Waals surface area contributed by atoms with E-state index in [0.29, 0.717) is 18.8 Å². The van der Waals surface area contributed by atoms with Crippen LogP contribution in [0.25, 0.3) is 16.7 Å². The minimum Gasteiger partial charge on any atom is -0.496 e. The molecule has 11 heteroatoms. The highest BCUT2D eigenvalue weighted by atomic mass is 19.4. The normalized spacial score (nSPS) is 14.8. The molecule has 2 heterocycles. The summed E-state index contributed by atoms with van der Waals surface area (Å²) in [7, 11) is 2.71. The molecule has 0 spiro atoms. The largest absolute Gasteiger partial charge is 0.496 e. The maximum absolute atomic E-state index is 12.7. The molecule has 0 aliphatic carbocycles. The van der Waals surface area contributed by atoms with Crippen LogP contribution in [-0.4, -0.2) is 65.4 Å². The monoisotopic (exact) mass is 561 g/mol. The van der Waals surface area contributed by atoms with Gasteiger partial charge in [0, 0.05) is 31.6 Å². The minimum absolute atomic E-state index is 0.0255. The van der Waals surface area contributed by atoms with Crippen LogP contribution in [-0.2, 0) is 4.74 Å². The number of nitrogens with zero attached hydrogens (tertiary/aromatic N) is 3. The van der Waals surface area contributed by atoms with E-state index in [2.05, 4.69) is 4.98 Å². The second-order valence-corrected chi connectivity index (χ2v) is 10.9. The predicted octanol–water partition coefficient (Wildman–Crippen LogP) is 6.68. The van der Waals surface area contributed by atoms with Crippen molar-refractivity contribution in [3.63, 3.8) is 0 Å². The van der Waals surface area contributed by atoms with Crippen LogP contribution in [0.4, 0.5) is 18.0 Å². The number of carbonyl (C=O) groups excluding carboxylic acids is 2. The van der Waals surface area contributed by atoms with Gasteiger partial charge in [0.15, 0.2) is 5.78 Å². The van der Waals surface area contributed by atoms with Crippen LogP contribution in [0.2, 0.25) is 0 Å². The number of likely N-dealkylation sites (tertiary alicyclic amines) is 1. The van der Waals surface area contributed by atoms with Crippen molar-refractivity contribution in [3.8, 4) is 17.2 Å². The van der Waals surface area contributed by atoms with Crippen molar-refractivity contribution in [3.05, 3.63) is 47.8 Å². The lowest BCUT2D eigenvalue weighted by Gasteiger charge is -2.33. The van der Waals surface area contributed by atoms with Crippen LogP contribution in [0.1, 0.15) is 68.3 Å². The van der Waals surface area contributed by atoms with Crippen molar-refractivity contribution >= 4 is 22.9 Å². The zero-order valence-corrected chi connectivity index (χ0v) is 23.3. The Morgan fingerprint density at radius 1 is 1.00 bits per heavy atom. The van der Waals surface area contributed by atoms with E-state index < -0.39 is 30.4 Å². The fourth-order valence-electron chi connectivity index (χ4n) is 4.90. The number of fused-ring (bicyclic) bond motifs is 1. The minimum atomic E-state index is -4.44. The van der Waals surface area contributed by atoms with Gasteiger partial charge in [-0.25, -0.2) is 9.78 Å². The highest BCUT2D eigenvalue weighted by molar-refractivity contribution is 6.02. The summed E-state index contributed by atoms with van der Waals surface area (Å²) >= 11 is 0. The highest BCUT2D eigenvalue weighted by Crippen LogP contribution is 2.36. The Labute approximate surface area is 231 Å². The Hall–Kier alpha value is -3.76. The molecule has 0 bridgehead atoms. The van der Waals surface area contributed by atoms with Gasteiger partial charge in [-0.15, -0.1) is 0 Å². The number of amides is 1. The maximum atomic E-state index is 12.7. The number of methoxy groups -OCH3 is 2. The van der Waals surface area contributed by atoms with Gasteiger partial charge < -0.3 is 19.1 Å². The fourth-order valence-corrected chi connectivity index (χ4v) is 4.90. The van der Waals surface area contributed by atoms with Crippen LogP contribution in [0.5, 0.6) is 11.5 Å². The van der Waals surface area contributed by atoms with E-state index in [1.807, 2.05) is 39.0 Å². The number of rotatable bonds is 7. The standard InChI is InChI=1S/C29H34F3N3O5/c1-28(2,3)40-27(37)34-12-9-18(10-13-34)19-6-7-22-21(14-19)33-17-35(22)20-15-24(38-4)26(25(16-20)39-5)23(36)8-11-29(30,31)32/h6-7,14-18H,8-13H2,1-5H3. The molecule has 1 amide bonds. The third-order valence-corrected chi connectivity index (χ3v) is 6.87. The molecule has 0 radical (unpaired) electrons. The van der Waals surface area contributed by atoms with Crippen LogP contribution in [0, 0.1) is 0 Å². The van der Waals surface area contributed by atoms with Gasteiger partial charge in [0.2, 0.25) is 0 Å². The van der Waals surface area contributed by atoms with E-state index in [9.17, 15) is 22.8 Å². The lowest BCUT2D eigenvalue weighted by Crippen LogP contribution is -2.41. The number of imidazole rings is 1. The van der Waals surface area contributed by atoms with E-state index in [4.69, 9.17) is 14.2 Å². The summed E-state index contributed by atoms with van der Waals surface area (Å²) < 4.78 is 56.2. The van der Waals surface area contributed by atoms with Gasteiger partial charge >= 0.3 is 12.3 Å². The van der Waals surface area contributed by atoms with Crippen LogP contribution < -0.4 is 9.47 Å². The van der Waals surface area contributed by atoms with Gasteiger partial charge in [-0.2, -0.15) is 13.2 Å². The zero-order valence-electron chi connectivity index (χ0n) is 23.3. The molecule has 1 aromatic heterocycles. The molecule has 4 rings (SSSR count). The van der Waals surface area contributed by atoms with Crippen LogP contribution in [0.3, 0.4) is 0 Å². The topological polar surface area (TPSA) is 82.9 Å². The summed E-state index contributed by atoms with van der Waals surface area (Å²) in [6.07, 6.45) is -3.41. The summed E-state index contributed by atoms with van der Waals surface area (Å²) in [5.41, 5.74) is 2.71. The number of hydrogen-bond donors (Lipinski definition) is 0. The van der Waals surface area contributed by atoms with E-state index in [1.165, 1.54) is 14.2 Å². The van der Waals surface area contributed by atoms with Crippen LogP contribution >= 0.6 is 0 Å². The second kappa shape index (κ2) is 11.4. The zero-order chi connectivity index (χ0) is 29.2. The van der Waals surface area contributed by atoms with Gasteiger partial charge in [-0.1, -0.05) is 6.07 Å². The summed E-state index contributed by atoms with van der Waals surface area (Å²) in [5, 5.41) is 0. The molecule has 1 fully saturated rings. The number of carbonyl (C=O) groups is 2. The molecular formula is C29H34F3N3O5. The van der Waals surface area contributed by atoms with E-state index in [0.717, 1.165) is 29.4 Å². The summed E-state index contributed by atoms with van der Waals surface area (Å²) in [4.78, 5) is 31.4. The molecule has 1 aliphatic rings. The Bertz CT molecular complexity index is 1360. The molecule has 0 saturated carbocycles. The first kappa shape index (κ1) is 29.2. The molecule has 216 valence electrons. The average molecular weight is 562 g/mol. The number of piperidine rings is 1. The Kier molecular flexibility index (Phi) is 8.32. The average Bonchev–Trinajstić information content (AvgIpc) is 3.33. The number of ketones is 1. The summed E-state index contributed by atoms with van der Waals surface area (Å²) in [6.45, 7) is 6.78. The van der Waals surface area contributed by atoms with Gasteiger partial charge in [-0.3, -0.25) is 9.36 Å². The van der Waals surface area contributed by atoms with Gasteiger partial charge in [0.1, 0.15) is 29.0 Å². The molecule has 3 aromatic rings. The van der Waals surface area contributed by atoms with Crippen molar-refractivity contribution in [2.75, 3.05) is 27.3 Å². The smallest absolute Gasteiger partial charge is 0.410 e. The van der Waals surface area contributed by atoms with Gasteiger partial charge in [0.25, 0.3) is 0 Å². The number of Topliss-reactive ketones (excluding diaryl/α,β-unsaturated/α-hetero) is 1. The molecule has 0 unspecified atom stereocenters. The number of hydrogen-bond acceptors (Lipinski definition) is 6. The summed E-state index contributed by atoms with van der Waals surface area (Å²) in [5.74, 6) is -0.195. The SMILES string of the molecule is COc1cc(-n2cnc3cc(C4CCN(C(=O)OC(C)(C)C)CC4)ccc32)cc(OC)c1C(=O)CCC(F)(F)F. The van der Waals surface area contributed by atoms with Crippen molar-refractivity contribution in [2.24, 2.45) is 0 Å². The quantitative estimate of drug-likeness (QED) is 0.299. The number of ether oxygens (including phenoxy) is 3. The predicted molar refractivity (Wildman–Crippen MR) is 144 cm³/mol. The van der Waals surface area contributed by atoms with Crippen LogP contribution in [0.15, 0.2) is 36.7 Å². The van der Waals surface area contributed by atoms with E-state index >= 15 is 0 Å². The molecule has 2 aromatic carbocycles. The number of halogens is 3.